The molecule has 5 nitrogen and oxygen atoms in total. The molecule has 2 N–H and O–H groups in total. The zero-order valence-electron chi connectivity index (χ0n) is 14.1. The molecule has 1 aromatic rings. The predicted octanol–water partition coefficient (Wildman–Crippen LogP) is 2.83. The largest absolute Gasteiger partial charge is 0.434 e. The molecule has 24 heavy (non-hydrogen) atoms. The fourth-order valence-corrected chi connectivity index (χ4v) is 2.56. The van der Waals surface area contributed by atoms with Crippen LogP contribution in [0.3, 0.4) is 0 Å². The van der Waals surface area contributed by atoms with Gasteiger partial charge in [0.2, 0.25) is 0 Å². The molecule has 0 radical (unpaired) electrons. The second kappa shape index (κ2) is 9.42. The second-order valence-electron chi connectivity index (χ2n) is 5.70. The Bertz CT molecular complexity index is 547. The number of aryl methyl sites for hydroxylation is 1. The maximum atomic E-state index is 12.5. The lowest BCUT2D eigenvalue weighted by Gasteiger charge is -2.15. The van der Waals surface area contributed by atoms with E-state index in [0.29, 0.717) is 24.6 Å². The van der Waals surface area contributed by atoms with Gasteiger partial charge in [0.25, 0.3) is 0 Å². The standard InChI is InChI=1S/C17H25F2N3O2/c1-3-20-17(22-11-14-5-4-8-23-14)21-10-13-9-12(2)6-7-15(13)24-16(18)19/h6-7,9,14,16H,3-5,8,10-11H2,1-2H3,(H2,20,21,22). The van der Waals surface area contributed by atoms with Gasteiger partial charge in [-0.2, -0.15) is 8.78 Å². The van der Waals surface area contributed by atoms with Crippen LogP contribution in [0.15, 0.2) is 23.2 Å². The van der Waals surface area contributed by atoms with E-state index in [1.807, 2.05) is 19.9 Å². The monoisotopic (exact) mass is 341 g/mol. The maximum absolute atomic E-state index is 12.5. The van der Waals surface area contributed by atoms with Crippen LogP contribution in [0.5, 0.6) is 5.75 Å². The van der Waals surface area contributed by atoms with Gasteiger partial charge in [0, 0.05) is 25.3 Å². The lowest BCUT2D eigenvalue weighted by atomic mass is 10.1. The van der Waals surface area contributed by atoms with Crippen LogP contribution in [0, 0.1) is 6.92 Å². The van der Waals surface area contributed by atoms with E-state index in [1.54, 1.807) is 12.1 Å². The quantitative estimate of drug-likeness (QED) is 0.591. The fraction of sp³-hybridized carbons (Fsp3) is 0.588. The topological polar surface area (TPSA) is 54.9 Å². The highest BCUT2D eigenvalue weighted by Crippen LogP contribution is 2.22. The van der Waals surface area contributed by atoms with Crippen molar-refractivity contribution in [1.29, 1.82) is 0 Å². The molecule has 1 heterocycles. The van der Waals surface area contributed by atoms with Crippen LogP contribution in [0.1, 0.15) is 30.9 Å². The van der Waals surface area contributed by atoms with Crippen molar-refractivity contribution in [3.63, 3.8) is 0 Å². The van der Waals surface area contributed by atoms with Crippen LogP contribution in [0.2, 0.25) is 0 Å². The third kappa shape index (κ3) is 5.96. The lowest BCUT2D eigenvalue weighted by molar-refractivity contribution is -0.0504. The molecule has 134 valence electrons. The van der Waals surface area contributed by atoms with E-state index in [-0.39, 0.29) is 18.4 Å². The Kier molecular flexibility index (Phi) is 7.24. The smallest absolute Gasteiger partial charge is 0.387 e. The van der Waals surface area contributed by atoms with Gasteiger partial charge in [-0.25, -0.2) is 4.99 Å². The predicted molar refractivity (Wildman–Crippen MR) is 89.6 cm³/mol. The first kappa shape index (κ1) is 18.4. The first-order valence-electron chi connectivity index (χ1n) is 8.26. The molecule has 1 aliphatic rings. The van der Waals surface area contributed by atoms with E-state index in [4.69, 9.17) is 4.74 Å². The number of hydrogen-bond acceptors (Lipinski definition) is 3. The van der Waals surface area contributed by atoms with Gasteiger partial charge in [-0.15, -0.1) is 0 Å². The third-order valence-electron chi connectivity index (χ3n) is 3.70. The second-order valence-corrected chi connectivity index (χ2v) is 5.70. The van der Waals surface area contributed by atoms with Crippen molar-refractivity contribution in [2.75, 3.05) is 19.7 Å². The molecule has 0 spiro atoms. The summed E-state index contributed by atoms with van der Waals surface area (Å²) in [6, 6.07) is 5.11. The molecular weight excluding hydrogens is 316 g/mol. The van der Waals surface area contributed by atoms with Gasteiger partial charge in [0.05, 0.1) is 12.6 Å². The summed E-state index contributed by atoms with van der Waals surface area (Å²) in [5, 5.41) is 6.38. The van der Waals surface area contributed by atoms with E-state index < -0.39 is 6.61 Å². The zero-order chi connectivity index (χ0) is 17.4. The van der Waals surface area contributed by atoms with Gasteiger partial charge in [-0.1, -0.05) is 17.7 Å². The summed E-state index contributed by atoms with van der Waals surface area (Å²) in [4.78, 5) is 4.47. The normalized spacial score (nSPS) is 18.0. The number of hydrogen-bond donors (Lipinski definition) is 2. The Hall–Kier alpha value is -1.89. The Morgan fingerprint density at radius 3 is 2.92 bits per heavy atom. The molecule has 1 saturated heterocycles. The summed E-state index contributed by atoms with van der Waals surface area (Å²) in [5.41, 5.74) is 1.60. The van der Waals surface area contributed by atoms with Crippen LogP contribution in [-0.2, 0) is 11.3 Å². The molecule has 0 bridgehead atoms. The molecule has 0 saturated carbocycles. The van der Waals surface area contributed by atoms with E-state index >= 15 is 0 Å². The third-order valence-corrected chi connectivity index (χ3v) is 3.70. The van der Waals surface area contributed by atoms with Crippen molar-refractivity contribution < 1.29 is 18.3 Å². The molecule has 1 aromatic carbocycles. The minimum atomic E-state index is -2.85. The van der Waals surface area contributed by atoms with Crippen LogP contribution in [0.4, 0.5) is 8.78 Å². The Labute approximate surface area is 141 Å². The number of aliphatic imine (C=N–C) groups is 1. The number of nitrogens with one attached hydrogen (secondary N) is 2. The highest BCUT2D eigenvalue weighted by Gasteiger charge is 2.15. The molecule has 1 fully saturated rings. The van der Waals surface area contributed by atoms with Crippen LogP contribution < -0.4 is 15.4 Å². The molecule has 0 aromatic heterocycles. The van der Waals surface area contributed by atoms with Gasteiger partial charge in [0.1, 0.15) is 5.75 Å². The lowest BCUT2D eigenvalue weighted by Crippen LogP contribution is -2.41. The van der Waals surface area contributed by atoms with Gasteiger partial charge >= 0.3 is 6.61 Å². The number of alkyl halides is 2. The maximum Gasteiger partial charge on any atom is 0.387 e. The molecule has 1 aliphatic heterocycles. The molecule has 1 atom stereocenters. The molecule has 1 unspecified atom stereocenters. The van der Waals surface area contributed by atoms with Crippen molar-refractivity contribution >= 4 is 5.96 Å². The number of rotatable bonds is 7. The van der Waals surface area contributed by atoms with Gasteiger partial charge in [-0.3, -0.25) is 0 Å². The average molecular weight is 341 g/mol. The van der Waals surface area contributed by atoms with E-state index in [9.17, 15) is 8.78 Å². The fourth-order valence-electron chi connectivity index (χ4n) is 2.56. The van der Waals surface area contributed by atoms with E-state index in [1.165, 1.54) is 0 Å². The summed E-state index contributed by atoms with van der Waals surface area (Å²) in [7, 11) is 0. The highest BCUT2D eigenvalue weighted by molar-refractivity contribution is 5.79. The number of nitrogens with zero attached hydrogens (tertiary/aromatic N) is 1. The van der Waals surface area contributed by atoms with Crippen molar-refractivity contribution in [2.45, 2.75) is 45.9 Å². The van der Waals surface area contributed by atoms with Crippen LogP contribution in [0.25, 0.3) is 0 Å². The van der Waals surface area contributed by atoms with Gasteiger partial charge in [0.15, 0.2) is 5.96 Å². The SMILES string of the molecule is CCNC(=NCc1cc(C)ccc1OC(F)F)NCC1CCCO1. The number of halogens is 2. The number of ether oxygens (including phenoxy) is 2. The average Bonchev–Trinajstić information content (AvgIpc) is 3.05. The summed E-state index contributed by atoms with van der Waals surface area (Å²) in [6.07, 6.45) is 2.32. The Balaban J connectivity index is 2.02. The van der Waals surface area contributed by atoms with E-state index in [0.717, 1.165) is 25.0 Å². The van der Waals surface area contributed by atoms with Crippen molar-refractivity contribution in [1.82, 2.24) is 10.6 Å². The number of guanidine groups is 1. The molecule has 7 heteroatoms. The molecule has 0 aliphatic carbocycles. The van der Waals surface area contributed by atoms with Crippen molar-refractivity contribution in [3.8, 4) is 5.75 Å². The van der Waals surface area contributed by atoms with Crippen molar-refractivity contribution in [3.05, 3.63) is 29.3 Å². The van der Waals surface area contributed by atoms with Gasteiger partial charge in [-0.05, 0) is 32.8 Å². The Morgan fingerprint density at radius 1 is 1.42 bits per heavy atom. The minimum absolute atomic E-state index is 0.161. The van der Waals surface area contributed by atoms with Crippen LogP contribution >= 0.6 is 0 Å². The van der Waals surface area contributed by atoms with Crippen LogP contribution in [-0.4, -0.2) is 38.4 Å². The summed E-state index contributed by atoms with van der Waals surface area (Å²) in [6.45, 7) is 3.48. The Morgan fingerprint density at radius 2 is 2.25 bits per heavy atom. The summed E-state index contributed by atoms with van der Waals surface area (Å²) < 4.78 is 35.2. The van der Waals surface area contributed by atoms with Gasteiger partial charge < -0.3 is 20.1 Å². The molecule has 2 rings (SSSR count). The highest BCUT2D eigenvalue weighted by atomic mass is 19.3. The van der Waals surface area contributed by atoms with Crippen molar-refractivity contribution in [2.24, 2.45) is 4.99 Å². The van der Waals surface area contributed by atoms with E-state index in [2.05, 4.69) is 20.4 Å². The minimum Gasteiger partial charge on any atom is -0.434 e. The first-order valence-corrected chi connectivity index (χ1v) is 8.26. The molecule has 0 amide bonds. The summed E-state index contributed by atoms with van der Waals surface area (Å²) >= 11 is 0. The number of benzene rings is 1. The first-order chi connectivity index (χ1) is 11.6. The zero-order valence-corrected chi connectivity index (χ0v) is 14.1. The summed E-state index contributed by atoms with van der Waals surface area (Å²) in [5.74, 6) is 0.798. The molecular formula is C17H25F2N3O2.